The second-order valence-electron chi connectivity index (χ2n) is 5.65. The van der Waals surface area contributed by atoms with Crippen LogP contribution in [0.2, 0.25) is 0 Å². The smallest absolute Gasteiger partial charge is 0.294 e. The molecule has 0 aliphatic rings. The first-order valence-corrected chi connectivity index (χ1v) is 9.35. The zero-order chi connectivity index (χ0) is 19.4. The molecule has 3 rings (SSSR count). The van der Waals surface area contributed by atoms with Gasteiger partial charge in [0.25, 0.3) is 10.1 Å². The minimum Gasteiger partial charge on any atom is -0.495 e. The standard InChI is InChI=1S/C19H17N3O4S/c1-26-19-12-14(9-10-17(19)20)21-22-18-8-3-2-7-16(18)13-5-4-6-15(11-13)27(23,24)25/h2-12H,20H2,1H3,(H,23,24,25). The Hall–Kier alpha value is -3.23. The van der Waals surface area contributed by atoms with Crippen LogP contribution in [0.25, 0.3) is 11.1 Å². The Morgan fingerprint density at radius 2 is 1.74 bits per heavy atom. The Bertz CT molecular complexity index is 1110. The van der Waals surface area contributed by atoms with Gasteiger partial charge in [-0.25, -0.2) is 0 Å². The number of nitrogens with zero attached hydrogens (tertiary/aromatic N) is 2. The molecule has 0 spiro atoms. The van der Waals surface area contributed by atoms with Crippen LogP contribution < -0.4 is 10.5 Å². The zero-order valence-corrected chi connectivity index (χ0v) is 15.2. The number of ether oxygens (including phenoxy) is 1. The van der Waals surface area contributed by atoms with E-state index in [1.54, 1.807) is 54.6 Å². The van der Waals surface area contributed by atoms with E-state index in [-0.39, 0.29) is 4.90 Å². The highest BCUT2D eigenvalue weighted by Gasteiger charge is 2.12. The fraction of sp³-hybridized carbons (Fsp3) is 0.0526. The summed E-state index contributed by atoms with van der Waals surface area (Å²) in [6.07, 6.45) is 0. The molecule has 0 atom stereocenters. The minimum absolute atomic E-state index is 0.185. The number of methoxy groups -OCH3 is 1. The molecule has 0 fully saturated rings. The van der Waals surface area contributed by atoms with Crippen molar-refractivity contribution in [3.8, 4) is 16.9 Å². The van der Waals surface area contributed by atoms with Gasteiger partial charge in [0.05, 0.1) is 29.1 Å². The first-order valence-electron chi connectivity index (χ1n) is 7.91. The van der Waals surface area contributed by atoms with Crippen molar-refractivity contribution < 1.29 is 17.7 Å². The Morgan fingerprint density at radius 1 is 0.963 bits per heavy atom. The van der Waals surface area contributed by atoms with Gasteiger partial charge >= 0.3 is 0 Å². The van der Waals surface area contributed by atoms with Gasteiger partial charge in [0.1, 0.15) is 5.75 Å². The van der Waals surface area contributed by atoms with Crippen LogP contribution in [-0.2, 0) is 10.1 Å². The molecule has 3 N–H and O–H groups in total. The molecule has 0 aromatic heterocycles. The quantitative estimate of drug-likeness (QED) is 0.379. The summed E-state index contributed by atoms with van der Waals surface area (Å²) in [5, 5.41) is 8.47. The largest absolute Gasteiger partial charge is 0.495 e. The highest BCUT2D eigenvalue weighted by molar-refractivity contribution is 7.85. The number of rotatable bonds is 5. The van der Waals surface area contributed by atoms with Gasteiger partial charge in [0.15, 0.2) is 0 Å². The lowest BCUT2D eigenvalue weighted by Gasteiger charge is -2.07. The third kappa shape index (κ3) is 4.30. The summed E-state index contributed by atoms with van der Waals surface area (Å²) in [6, 6.07) is 18.2. The Morgan fingerprint density at radius 3 is 2.48 bits per heavy atom. The summed E-state index contributed by atoms with van der Waals surface area (Å²) in [4.78, 5) is -0.185. The zero-order valence-electron chi connectivity index (χ0n) is 14.4. The third-order valence-electron chi connectivity index (χ3n) is 3.84. The summed E-state index contributed by atoms with van der Waals surface area (Å²) in [7, 11) is -2.78. The molecular weight excluding hydrogens is 366 g/mol. The van der Waals surface area contributed by atoms with E-state index in [0.29, 0.717) is 33.9 Å². The number of nitrogen functional groups attached to an aromatic ring is 1. The number of benzene rings is 3. The molecule has 0 heterocycles. The van der Waals surface area contributed by atoms with Crippen LogP contribution in [0.5, 0.6) is 5.75 Å². The number of anilines is 1. The lowest BCUT2D eigenvalue weighted by molar-refractivity contribution is 0.417. The van der Waals surface area contributed by atoms with E-state index in [2.05, 4.69) is 10.2 Å². The summed E-state index contributed by atoms with van der Waals surface area (Å²) in [5.74, 6) is 0.501. The SMILES string of the molecule is COc1cc(N=Nc2ccccc2-c2cccc(S(=O)(=O)O)c2)ccc1N. The average Bonchev–Trinajstić information content (AvgIpc) is 2.67. The molecule has 0 aliphatic carbocycles. The molecule has 0 amide bonds. The predicted octanol–water partition coefficient (Wildman–Crippen LogP) is 4.61. The molecule has 8 heteroatoms. The van der Waals surface area contributed by atoms with Crippen LogP contribution in [0.15, 0.2) is 81.9 Å². The van der Waals surface area contributed by atoms with Gasteiger partial charge in [-0.1, -0.05) is 30.3 Å². The van der Waals surface area contributed by atoms with E-state index in [1.165, 1.54) is 19.2 Å². The van der Waals surface area contributed by atoms with Crippen LogP contribution in [-0.4, -0.2) is 20.1 Å². The third-order valence-corrected chi connectivity index (χ3v) is 4.69. The fourth-order valence-electron chi connectivity index (χ4n) is 2.50. The first kappa shape index (κ1) is 18.6. The van der Waals surface area contributed by atoms with Crippen molar-refractivity contribution in [1.82, 2.24) is 0 Å². The van der Waals surface area contributed by atoms with Crippen molar-refractivity contribution in [2.45, 2.75) is 4.90 Å². The molecule has 27 heavy (non-hydrogen) atoms. The number of azo groups is 1. The van der Waals surface area contributed by atoms with E-state index in [0.717, 1.165) is 0 Å². The molecule has 0 saturated carbocycles. The molecule has 3 aromatic carbocycles. The van der Waals surface area contributed by atoms with Crippen LogP contribution in [0.4, 0.5) is 17.1 Å². The summed E-state index contributed by atoms with van der Waals surface area (Å²) < 4.78 is 37.2. The maximum absolute atomic E-state index is 11.4. The van der Waals surface area contributed by atoms with Gasteiger partial charge in [-0.05, 0) is 35.9 Å². The molecule has 138 valence electrons. The van der Waals surface area contributed by atoms with E-state index < -0.39 is 10.1 Å². The van der Waals surface area contributed by atoms with Crippen LogP contribution in [0.1, 0.15) is 0 Å². The van der Waals surface area contributed by atoms with Crippen molar-refractivity contribution in [3.63, 3.8) is 0 Å². The molecular formula is C19H17N3O4S. The number of hydrogen-bond donors (Lipinski definition) is 2. The van der Waals surface area contributed by atoms with Gasteiger partial charge in [-0.2, -0.15) is 13.5 Å². The average molecular weight is 383 g/mol. The summed E-state index contributed by atoms with van der Waals surface area (Å²) >= 11 is 0. The highest BCUT2D eigenvalue weighted by Crippen LogP contribution is 2.33. The summed E-state index contributed by atoms with van der Waals surface area (Å²) in [5.41, 5.74) is 8.66. The van der Waals surface area contributed by atoms with Crippen LogP contribution >= 0.6 is 0 Å². The normalized spacial score (nSPS) is 11.6. The Kier molecular flexibility index (Phi) is 5.20. The summed E-state index contributed by atoms with van der Waals surface area (Å²) in [6.45, 7) is 0. The Labute approximate surface area is 156 Å². The molecule has 0 saturated heterocycles. The second-order valence-corrected chi connectivity index (χ2v) is 7.07. The van der Waals surface area contributed by atoms with Crippen molar-refractivity contribution in [2.24, 2.45) is 10.2 Å². The van der Waals surface area contributed by atoms with E-state index >= 15 is 0 Å². The van der Waals surface area contributed by atoms with Crippen LogP contribution in [0, 0.1) is 0 Å². The van der Waals surface area contributed by atoms with E-state index in [9.17, 15) is 13.0 Å². The van der Waals surface area contributed by atoms with Gasteiger partial charge in [0.2, 0.25) is 0 Å². The molecule has 0 bridgehead atoms. The van der Waals surface area contributed by atoms with Gasteiger partial charge in [-0.3, -0.25) is 4.55 Å². The molecule has 0 aliphatic heterocycles. The first-order chi connectivity index (χ1) is 12.9. The maximum Gasteiger partial charge on any atom is 0.294 e. The number of nitrogens with two attached hydrogens (primary N) is 1. The maximum atomic E-state index is 11.4. The molecule has 0 radical (unpaired) electrons. The highest BCUT2D eigenvalue weighted by atomic mass is 32.2. The topological polar surface area (TPSA) is 114 Å². The minimum atomic E-state index is -4.29. The lowest BCUT2D eigenvalue weighted by Crippen LogP contribution is -1.97. The van der Waals surface area contributed by atoms with Crippen molar-refractivity contribution in [3.05, 3.63) is 66.7 Å². The Balaban J connectivity index is 2.00. The number of hydrogen-bond acceptors (Lipinski definition) is 6. The van der Waals surface area contributed by atoms with E-state index in [4.69, 9.17) is 10.5 Å². The monoisotopic (exact) mass is 383 g/mol. The molecule has 7 nitrogen and oxygen atoms in total. The van der Waals surface area contributed by atoms with Gasteiger partial charge in [-0.15, -0.1) is 5.11 Å². The van der Waals surface area contributed by atoms with Crippen molar-refractivity contribution >= 4 is 27.2 Å². The molecule has 0 unspecified atom stereocenters. The van der Waals surface area contributed by atoms with Crippen molar-refractivity contribution in [2.75, 3.05) is 12.8 Å². The second kappa shape index (κ2) is 7.56. The predicted molar refractivity (Wildman–Crippen MR) is 103 cm³/mol. The van der Waals surface area contributed by atoms with Gasteiger partial charge in [0, 0.05) is 11.6 Å². The fourth-order valence-corrected chi connectivity index (χ4v) is 3.03. The van der Waals surface area contributed by atoms with Gasteiger partial charge < -0.3 is 10.5 Å². The van der Waals surface area contributed by atoms with Crippen molar-refractivity contribution in [1.29, 1.82) is 0 Å². The van der Waals surface area contributed by atoms with E-state index in [1.807, 2.05) is 0 Å². The molecule has 3 aromatic rings. The van der Waals surface area contributed by atoms with Crippen LogP contribution in [0.3, 0.4) is 0 Å². The lowest BCUT2D eigenvalue weighted by atomic mass is 10.0.